The van der Waals surface area contributed by atoms with Crippen LogP contribution in [0.3, 0.4) is 0 Å². The van der Waals surface area contributed by atoms with Crippen LogP contribution in [0.5, 0.6) is 5.75 Å². The smallest absolute Gasteiger partial charge is 0.383 e. The highest BCUT2D eigenvalue weighted by molar-refractivity contribution is 6.34. The molecular weight excluding hydrogens is 617 g/mol. The highest BCUT2D eigenvalue weighted by atomic mass is 35.5. The van der Waals surface area contributed by atoms with E-state index in [1.807, 2.05) is 5.32 Å². The van der Waals surface area contributed by atoms with Crippen LogP contribution in [0.25, 0.3) is 0 Å². The van der Waals surface area contributed by atoms with Gasteiger partial charge in [0, 0.05) is 23.0 Å². The molecule has 2 rings (SSSR count). The normalized spacial score (nSPS) is 13.2. The fourth-order valence-corrected chi connectivity index (χ4v) is 4.17. The number of hydrogen-bond acceptors (Lipinski definition) is 5. The van der Waals surface area contributed by atoms with Crippen molar-refractivity contribution >= 4 is 46.7 Å². The number of alkyl halides is 2. The highest BCUT2D eigenvalue weighted by Gasteiger charge is 2.51. The SMILES string of the molecule is CC(C)C(NC(=O)C(Cc1ccc(F)c(F)c1)NC(=O)COc1cc(Cl)cc(Cl)c1)C(=O)C(F)(F)C(=O)NCC(C)(C)C. The van der Waals surface area contributed by atoms with Gasteiger partial charge in [-0.05, 0) is 47.2 Å². The Balaban J connectivity index is 2.27. The maximum atomic E-state index is 14.9. The van der Waals surface area contributed by atoms with Crippen molar-refractivity contribution in [1.82, 2.24) is 16.0 Å². The Morgan fingerprint density at radius 2 is 1.51 bits per heavy atom. The molecule has 0 saturated carbocycles. The largest absolute Gasteiger partial charge is 0.484 e. The second kappa shape index (κ2) is 14.9. The molecule has 0 fully saturated rings. The van der Waals surface area contributed by atoms with Crippen LogP contribution in [0, 0.1) is 23.0 Å². The van der Waals surface area contributed by atoms with Crippen molar-refractivity contribution in [1.29, 1.82) is 0 Å². The minimum absolute atomic E-state index is 0.0706. The number of amides is 3. The van der Waals surface area contributed by atoms with Gasteiger partial charge in [0.05, 0.1) is 6.04 Å². The third-order valence-corrected chi connectivity index (χ3v) is 6.34. The summed E-state index contributed by atoms with van der Waals surface area (Å²) in [5, 5.41) is 7.03. The lowest BCUT2D eigenvalue weighted by molar-refractivity contribution is -0.161. The molecule has 0 aromatic heterocycles. The maximum absolute atomic E-state index is 14.9. The molecule has 0 heterocycles. The highest BCUT2D eigenvalue weighted by Crippen LogP contribution is 2.24. The van der Waals surface area contributed by atoms with E-state index in [2.05, 4.69) is 10.6 Å². The number of benzene rings is 2. The molecule has 3 amide bonds. The van der Waals surface area contributed by atoms with Gasteiger partial charge in [-0.15, -0.1) is 0 Å². The zero-order chi connectivity index (χ0) is 32.7. The first-order valence-corrected chi connectivity index (χ1v) is 13.9. The molecule has 0 aliphatic heterocycles. The van der Waals surface area contributed by atoms with Crippen LogP contribution in [-0.4, -0.2) is 54.7 Å². The van der Waals surface area contributed by atoms with Gasteiger partial charge in [0.1, 0.15) is 11.8 Å². The van der Waals surface area contributed by atoms with Gasteiger partial charge >= 0.3 is 5.92 Å². The molecule has 0 aliphatic rings. The first-order valence-electron chi connectivity index (χ1n) is 13.1. The van der Waals surface area contributed by atoms with Crippen molar-refractivity contribution in [2.24, 2.45) is 11.3 Å². The number of halogens is 6. The summed E-state index contributed by atoms with van der Waals surface area (Å²) < 4.78 is 62.5. The molecule has 0 saturated heterocycles. The molecule has 0 radical (unpaired) electrons. The minimum Gasteiger partial charge on any atom is -0.484 e. The van der Waals surface area contributed by atoms with Crippen LogP contribution < -0.4 is 20.7 Å². The Hall–Kier alpha value is -3.38. The number of nitrogens with one attached hydrogen (secondary N) is 3. The number of carbonyl (C=O) groups is 4. The topological polar surface area (TPSA) is 114 Å². The van der Waals surface area contributed by atoms with Crippen LogP contribution in [0.4, 0.5) is 17.6 Å². The van der Waals surface area contributed by atoms with Crippen LogP contribution in [0.1, 0.15) is 40.2 Å². The average Bonchev–Trinajstić information content (AvgIpc) is 2.89. The van der Waals surface area contributed by atoms with Gasteiger partial charge in [-0.25, -0.2) is 8.78 Å². The maximum Gasteiger partial charge on any atom is 0.383 e. The number of carbonyl (C=O) groups excluding carboxylic acids is 4. The minimum atomic E-state index is -4.49. The molecule has 8 nitrogen and oxygen atoms in total. The van der Waals surface area contributed by atoms with Gasteiger partial charge in [-0.1, -0.05) is 63.9 Å². The third kappa shape index (κ3) is 11.0. The first-order chi connectivity index (χ1) is 19.8. The zero-order valence-corrected chi connectivity index (χ0v) is 25.6. The summed E-state index contributed by atoms with van der Waals surface area (Å²) in [6.45, 7) is 7.05. The predicted octanol–water partition coefficient (Wildman–Crippen LogP) is 4.89. The van der Waals surface area contributed by atoms with E-state index in [1.165, 1.54) is 32.0 Å². The summed E-state index contributed by atoms with van der Waals surface area (Å²) in [4.78, 5) is 51.1. The Morgan fingerprint density at radius 1 is 0.907 bits per heavy atom. The number of rotatable bonds is 13. The second-order valence-electron chi connectivity index (χ2n) is 11.4. The Morgan fingerprint density at radius 3 is 2.05 bits per heavy atom. The average molecular weight is 650 g/mol. The molecule has 43 heavy (non-hydrogen) atoms. The van der Waals surface area contributed by atoms with Gasteiger partial charge in [0.25, 0.3) is 11.8 Å². The summed E-state index contributed by atoms with van der Waals surface area (Å²) in [7, 11) is 0. The Labute approximate surface area is 256 Å². The monoisotopic (exact) mass is 649 g/mol. The molecule has 14 heteroatoms. The van der Waals surface area contributed by atoms with E-state index in [1.54, 1.807) is 20.8 Å². The van der Waals surface area contributed by atoms with E-state index in [0.29, 0.717) is 0 Å². The number of hydrogen-bond donors (Lipinski definition) is 3. The summed E-state index contributed by atoms with van der Waals surface area (Å²) >= 11 is 11.8. The summed E-state index contributed by atoms with van der Waals surface area (Å²) in [6, 6.07) is 3.55. The van der Waals surface area contributed by atoms with Crippen molar-refractivity contribution in [3.63, 3.8) is 0 Å². The van der Waals surface area contributed by atoms with Crippen molar-refractivity contribution in [2.45, 2.75) is 59.0 Å². The van der Waals surface area contributed by atoms with E-state index in [-0.39, 0.29) is 27.9 Å². The van der Waals surface area contributed by atoms with E-state index in [0.717, 1.165) is 18.2 Å². The van der Waals surface area contributed by atoms with Gasteiger partial charge in [-0.3, -0.25) is 19.2 Å². The number of Topliss-reactive ketones (excluding diaryl/α,β-unsaturated/α-hetero) is 1. The van der Waals surface area contributed by atoms with Gasteiger partial charge in [0.2, 0.25) is 11.7 Å². The van der Waals surface area contributed by atoms with E-state index >= 15 is 0 Å². The molecule has 2 aromatic rings. The molecule has 236 valence electrons. The Bertz CT molecular complexity index is 1330. The molecule has 2 unspecified atom stereocenters. The zero-order valence-electron chi connectivity index (χ0n) is 24.1. The van der Waals surface area contributed by atoms with E-state index in [9.17, 15) is 36.7 Å². The van der Waals surface area contributed by atoms with Crippen molar-refractivity contribution in [3.8, 4) is 5.75 Å². The molecule has 0 aliphatic carbocycles. The van der Waals surface area contributed by atoms with Crippen molar-refractivity contribution in [2.75, 3.05) is 13.2 Å². The summed E-state index contributed by atoms with van der Waals surface area (Å²) in [5.41, 5.74) is -0.477. The molecule has 2 aromatic carbocycles. The Kier molecular flexibility index (Phi) is 12.4. The van der Waals surface area contributed by atoms with Gasteiger partial charge in [0.15, 0.2) is 18.2 Å². The van der Waals surface area contributed by atoms with Crippen molar-refractivity contribution in [3.05, 3.63) is 63.6 Å². The molecule has 3 N–H and O–H groups in total. The van der Waals surface area contributed by atoms with E-state index < -0.39 is 77.5 Å². The standard InChI is InChI=1S/C29H33Cl2F4N3O5/c1-15(2)24(25(40)29(34,35)27(42)36-14-28(3,4)5)38-26(41)22(9-16-6-7-20(32)21(33)8-16)37-23(39)13-43-19-11-17(30)10-18(31)12-19/h6-8,10-12,15,22,24H,9,13-14H2,1-5H3,(H,36,42)(H,37,39)(H,38,41). The van der Waals surface area contributed by atoms with Crippen molar-refractivity contribution < 1.29 is 41.5 Å². The lowest BCUT2D eigenvalue weighted by Crippen LogP contribution is -2.59. The number of ether oxygens (including phenoxy) is 1. The number of ketones is 1. The molecule has 0 spiro atoms. The predicted molar refractivity (Wildman–Crippen MR) is 153 cm³/mol. The lowest BCUT2D eigenvalue weighted by atomic mass is 9.93. The first kappa shape index (κ1) is 35.8. The molecule has 0 bridgehead atoms. The lowest BCUT2D eigenvalue weighted by Gasteiger charge is -2.28. The summed E-state index contributed by atoms with van der Waals surface area (Å²) in [6.07, 6.45) is -0.417. The fourth-order valence-electron chi connectivity index (χ4n) is 3.66. The van der Waals surface area contributed by atoms with E-state index in [4.69, 9.17) is 27.9 Å². The summed E-state index contributed by atoms with van der Waals surface area (Å²) in [5.74, 6) is -13.3. The van der Waals surface area contributed by atoms with Gasteiger partial charge < -0.3 is 20.7 Å². The second-order valence-corrected chi connectivity index (χ2v) is 12.3. The fraction of sp³-hybridized carbons (Fsp3) is 0.448. The van der Waals surface area contributed by atoms with Crippen LogP contribution in [0.15, 0.2) is 36.4 Å². The molecular formula is C29H33Cl2F4N3O5. The van der Waals surface area contributed by atoms with Crippen LogP contribution in [0.2, 0.25) is 10.0 Å². The third-order valence-electron chi connectivity index (χ3n) is 5.90. The molecule has 2 atom stereocenters. The quantitative estimate of drug-likeness (QED) is 0.211. The van der Waals surface area contributed by atoms with Crippen LogP contribution in [-0.2, 0) is 25.6 Å². The van der Waals surface area contributed by atoms with Crippen LogP contribution >= 0.6 is 23.2 Å². The van der Waals surface area contributed by atoms with Gasteiger partial charge in [-0.2, -0.15) is 8.78 Å².